The molecule has 0 aliphatic carbocycles. The van der Waals surface area contributed by atoms with Gasteiger partial charge in [0.25, 0.3) is 0 Å². The lowest BCUT2D eigenvalue weighted by molar-refractivity contribution is -0.0785. The maximum Gasteiger partial charge on any atom is 0.231 e. The summed E-state index contributed by atoms with van der Waals surface area (Å²) in [6.07, 6.45) is -0.0913. The summed E-state index contributed by atoms with van der Waals surface area (Å²) in [5.41, 5.74) is 1.93. The average molecular weight is 369 g/mol. The van der Waals surface area contributed by atoms with Crippen molar-refractivity contribution in [3.8, 4) is 23.0 Å². The molecule has 1 N–H and O–H groups in total. The standard InChI is InChI=1S/C21H23NO5/c1-13-20(14-4-2-3-5-16(14)23)15-10-18-19(26-12-25-18)11-17(15)27-21(13)22-6-8-24-9-7-22/h2-5,10-11,13,20-21,23H,6-9,12H2,1H3. The number of phenols is 1. The number of morpholine rings is 1. The van der Waals surface area contributed by atoms with Crippen LogP contribution in [0.25, 0.3) is 0 Å². The molecule has 27 heavy (non-hydrogen) atoms. The summed E-state index contributed by atoms with van der Waals surface area (Å²) >= 11 is 0. The summed E-state index contributed by atoms with van der Waals surface area (Å²) in [5.74, 6) is 2.68. The minimum Gasteiger partial charge on any atom is -0.508 e. The number of rotatable bonds is 2. The van der Waals surface area contributed by atoms with Crippen molar-refractivity contribution in [2.75, 3.05) is 33.1 Å². The van der Waals surface area contributed by atoms with E-state index in [9.17, 15) is 5.11 Å². The van der Waals surface area contributed by atoms with Crippen LogP contribution in [-0.4, -0.2) is 49.3 Å². The molecule has 6 nitrogen and oxygen atoms in total. The van der Waals surface area contributed by atoms with E-state index < -0.39 is 0 Å². The van der Waals surface area contributed by atoms with Gasteiger partial charge in [-0.1, -0.05) is 25.1 Å². The first-order valence-corrected chi connectivity index (χ1v) is 9.42. The lowest BCUT2D eigenvalue weighted by Crippen LogP contribution is -2.52. The minimum atomic E-state index is -0.0913. The molecule has 2 aromatic rings. The fourth-order valence-corrected chi connectivity index (χ4v) is 4.41. The highest BCUT2D eigenvalue weighted by Crippen LogP contribution is 2.51. The smallest absolute Gasteiger partial charge is 0.231 e. The van der Waals surface area contributed by atoms with Gasteiger partial charge >= 0.3 is 0 Å². The Labute approximate surface area is 158 Å². The quantitative estimate of drug-likeness (QED) is 0.878. The molecule has 142 valence electrons. The molecule has 0 radical (unpaired) electrons. The van der Waals surface area contributed by atoms with Gasteiger partial charge in [0.05, 0.1) is 13.2 Å². The Morgan fingerprint density at radius 2 is 1.70 bits per heavy atom. The van der Waals surface area contributed by atoms with Gasteiger partial charge in [0.1, 0.15) is 11.5 Å². The highest BCUT2D eigenvalue weighted by molar-refractivity contribution is 5.57. The molecule has 3 unspecified atom stereocenters. The third-order valence-electron chi connectivity index (χ3n) is 5.74. The van der Waals surface area contributed by atoms with Crippen LogP contribution in [0.3, 0.4) is 0 Å². The van der Waals surface area contributed by atoms with E-state index in [4.69, 9.17) is 18.9 Å². The number of para-hydroxylation sites is 1. The lowest BCUT2D eigenvalue weighted by atomic mass is 9.77. The van der Waals surface area contributed by atoms with Crippen LogP contribution in [0.2, 0.25) is 0 Å². The van der Waals surface area contributed by atoms with Crippen LogP contribution in [0.1, 0.15) is 24.0 Å². The Morgan fingerprint density at radius 3 is 2.48 bits per heavy atom. The molecule has 3 aliphatic heterocycles. The number of fused-ring (bicyclic) bond motifs is 2. The van der Waals surface area contributed by atoms with Gasteiger partial charge < -0.3 is 24.1 Å². The van der Waals surface area contributed by atoms with Gasteiger partial charge in [-0.3, -0.25) is 4.90 Å². The van der Waals surface area contributed by atoms with E-state index in [1.54, 1.807) is 6.07 Å². The zero-order chi connectivity index (χ0) is 18.4. The number of benzene rings is 2. The summed E-state index contributed by atoms with van der Waals surface area (Å²) in [7, 11) is 0. The molecule has 0 spiro atoms. The van der Waals surface area contributed by atoms with Gasteiger partial charge in [0, 0.05) is 42.1 Å². The first-order valence-electron chi connectivity index (χ1n) is 9.42. The Hall–Kier alpha value is -2.44. The average Bonchev–Trinajstić information content (AvgIpc) is 3.15. The molecule has 0 amide bonds. The molecule has 3 aliphatic rings. The predicted molar refractivity (Wildman–Crippen MR) is 98.5 cm³/mol. The van der Waals surface area contributed by atoms with Crippen molar-refractivity contribution >= 4 is 0 Å². The van der Waals surface area contributed by atoms with Gasteiger partial charge in [-0.15, -0.1) is 0 Å². The molecule has 3 heterocycles. The number of aromatic hydroxyl groups is 1. The third-order valence-corrected chi connectivity index (χ3v) is 5.74. The van der Waals surface area contributed by atoms with Crippen molar-refractivity contribution in [3.05, 3.63) is 47.5 Å². The third kappa shape index (κ3) is 2.80. The van der Waals surface area contributed by atoms with E-state index in [0.29, 0.717) is 24.7 Å². The highest BCUT2D eigenvalue weighted by atomic mass is 16.7. The molecule has 0 saturated carbocycles. The molecule has 5 rings (SSSR count). The monoisotopic (exact) mass is 369 g/mol. The fraction of sp³-hybridized carbons (Fsp3) is 0.429. The van der Waals surface area contributed by atoms with Crippen molar-refractivity contribution in [2.45, 2.75) is 19.1 Å². The van der Waals surface area contributed by atoms with Gasteiger partial charge in [0.2, 0.25) is 6.79 Å². The van der Waals surface area contributed by atoms with Gasteiger partial charge in [-0.05, 0) is 12.1 Å². The molecule has 3 atom stereocenters. The van der Waals surface area contributed by atoms with E-state index in [1.807, 2.05) is 30.3 Å². The Morgan fingerprint density at radius 1 is 0.963 bits per heavy atom. The maximum absolute atomic E-state index is 10.6. The van der Waals surface area contributed by atoms with E-state index in [1.165, 1.54) is 0 Å². The maximum atomic E-state index is 10.6. The van der Waals surface area contributed by atoms with Crippen molar-refractivity contribution in [1.82, 2.24) is 4.90 Å². The van der Waals surface area contributed by atoms with Crippen LogP contribution in [0, 0.1) is 5.92 Å². The molecular formula is C21H23NO5. The highest BCUT2D eigenvalue weighted by Gasteiger charge is 2.41. The number of nitrogens with zero attached hydrogens (tertiary/aromatic N) is 1. The van der Waals surface area contributed by atoms with E-state index in [0.717, 1.165) is 35.7 Å². The van der Waals surface area contributed by atoms with Crippen LogP contribution in [0.5, 0.6) is 23.0 Å². The summed E-state index contributed by atoms with van der Waals surface area (Å²) in [5, 5.41) is 10.6. The summed E-state index contributed by atoms with van der Waals surface area (Å²) in [6.45, 7) is 5.50. The number of hydrogen-bond acceptors (Lipinski definition) is 6. The van der Waals surface area contributed by atoms with E-state index in [2.05, 4.69) is 11.8 Å². The second kappa shape index (κ2) is 6.62. The summed E-state index contributed by atoms with van der Waals surface area (Å²) in [6, 6.07) is 11.5. The Balaban J connectivity index is 1.62. The normalized spacial score (nSPS) is 27.1. The molecule has 0 aromatic heterocycles. The minimum absolute atomic E-state index is 0.00250. The zero-order valence-corrected chi connectivity index (χ0v) is 15.3. The molecule has 1 fully saturated rings. The molecule has 6 heteroatoms. The molecule has 0 bridgehead atoms. The van der Waals surface area contributed by atoms with Gasteiger partial charge in [-0.25, -0.2) is 0 Å². The first kappa shape index (κ1) is 16.7. The van der Waals surface area contributed by atoms with Crippen molar-refractivity contribution in [2.24, 2.45) is 5.92 Å². The summed E-state index contributed by atoms with van der Waals surface area (Å²) < 4.78 is 23.1. The van der Waals surface area contributed by atoms with Crippen LogP contribution in [0.4, 0.5) is 0 Å². The fourth-order valence-electron chi connectivity index (χ4n) is 4.41. The first-order chi connectivity index (χ1) is 13.2. The number of phenolic OH excluding ortho intramolecular Hbond substituents is 1. The van der Waals surface area contributed by atoms with Crippen LogP contribution in [0.15, 0.2) is 36.4 Å². The lowest BCUT2D eigenvalue weighted by Gasteiger charge is -2.44. The van der Waals surface area contributed by atoms with E-state index >= 15 is 0 Å². The second-order valence-electron chi connectivity index (χ2n) is 7.30. The molecule has 1 saturated heterocycles. The van der Waals surface area contributed by atoms with Gasteiger partial charge in [-0.2, -0.15) is 0 Å². The van der Waals surface area contributed by atoms with Crippen LogP contribution in [-0.2, 0) is 4.74 Å². The molecule has 2 aromatic carbocycles. The van der Waals surface area contributed by atoms with Crippen molar-refractivity contribution < 1.29 is 24.1 Å². The van der Waals surface area contributed by atoms with E-state index in [-0.39, 0.29) is 24.9 Å². The number of hydrogen-bond donors (Lipinski definition) is 1. The Bertz CT molecular complexity index is 848. The van der Waals surface area contributed by atoms with Crippen LogP contribution >= 0.6 is 0 Å². The van der Waals surface area contributed by atoms with Crippen LogP contribution < -0.4 is 14.2 Å². The molecular weight excluding hydrogens is 346 g/mol. The predicted octanol–water partition coefficient (Wildman–Crippen LogP) is 2.94. The largest absolute Gasteiger partial charge is 0.508 e. The number of ether oxygens (including phenoxy) is 4. The van der Waals surface area contributed by atoms with Crippen molar-refractivity contribution in [3.63, 3.8) is 0 Å². The second-order valence-corrected chi connectivity index (χ2v) is 7.30. The summed E-state index contributed by atoms with van der Waals surface area (Å²) in [4.78, 5) is 2.33. The topological polar surface area (TPSA) is 60.4 Å². The Kier molecular flexibility index (Phi) is 4.10. The zero-order valence-electron chi connectivity index (χ0n) is 15.3. The van der Waals surface area contributed by atoms with Gasteiger partial charge in [0.15, 0.2) is 17.7 Å². The SMILES string of the molecule is CC1C(c2ccccc2O)c2cc3c(cc2OC1N1CCOCC1)OCO3. The van der Waals surface area contributed by atoms with Crippen molar-refractivity contribution in [1.29, 1.82) is 0 Å².